The highest BCUT2D eigenvalue weighted by Gasteiger charge is 2.09. The van der Waals surface area contributed by atoms with Crippen molar-refractivity contribution in [3.8, 4) is 0 Å². The number of thiophene rings is 1. The van der Waals surface area contributed by atoms with E-state index in [0.717, 1.165) is 9.35 Å². The summed E-state index contributed by atoms with van der Waals surface area (Å²) in [5, 5.41) is 1.92. The second kappa shape index (κ2) is 5.95. The molecule has 0 saturated carbocycles. The maximum Gasteiger partial charge on any atom is 0.211 e. The van der Waals surface area contributed by atoms with Crippen LogP contribution < -0.4 is 10.5 Å². The van der Waals surface area contributed by atoms with Crippen molar-refractivity contribution in [2.45, 2.75) is 13.0 Å². The normalized spacial score (nSPS) is 11.9. The number of nitrogens with two attached hydrogens (primary N) is 1. The largest absolute Gasteiger partial charge is 0.330 e. The Morgan fingerprint density at radius 2 is 2.27 bits per heavy atom. The molecule has 0 atom stereocenters. The predicted octanol–water partition coefficient (Wildman–Crippen LogP) is 1.28. The monoisotopic (exact) mass is 312 g/mol. The summed E-state index contributed by atoms with van der Waals surface area (Å²) in [5.41, 5.74) is 5.25. The van der Waals surface area contributed by atoms with Crippen LogP contribution in [0.5, 0.6) is 0 Å². The zero-order valence-electron chi connectivity index (χ0n) is 8.07. The van der Waals surface area contributed by atoms with Gasteiger partial charge in [0, 0.05) is 21.3 Å². The summed E-state index contributed by atoms with van der Waals surface area (Å²) in [4.78, 5) is 0.984. The lowest BCUT2D eigenvalue weighted by atomic mass is 10.5. The lowest BCUT2D eigenvalue weighted by Crippen LogP contribution is -2.26. The van der Waals surface area contributed by atoms with Gasteiger partial charge in [-0.2, -0.15) is 0 Å². The molecular formula is C8H13BrN2O2S2. The van der Waals surface area contributed by atoms with Crippen LogP contribution in [0.15, 0.2) is 15.9 Å². The van der Waals surface area contributed by atoms with Crippen LogP contribution >= 0.6 is 27.3 Å². The maximum absolute atomic E-state index is 11.4. The van der Waals surface area contributed by atoms with Crippen LogP contribution in [-0.2, 0) is 16.6 Å². The van der Waals surface area contributed by atoms with Crippen molar-refractivity contribution in [2.24, 2.45) is 5.73 Å². The summed E-state index contributed by atoms with van der Waals surface area (Å²) in [6, 6.07) is 1.90. The highest BCUT2D eigenvalue weighted by Crippen LogP contribution is 2.19. The van der Waals surface area contributed by atoms with E-state index < -0.39 is 10.0 Å². The van der Waals surface area contributed by atoms with Gasteiger partial charge >= 0.3 is 0 Å². The molecule has 0 fully saturated rings. The molecule has 7 heteroatoms. The second-order valence-corrected chi connectivity index (χ2v) is 6.85. The Balaban J connectivity index is 2.42. The molecule has 0 unspecified atom stereocenters. The first-order valence-electron chi connectivity index (χ1n) is 4.44. The van der Waals surface area contributed by atoms with Crippen molar-refractivity contribution in [2.75, 3.05) is 12.3 Å². The predicted molar refractivity (Wildman–Crippen MR) is 66.3 cm³/mol. The summed E-state index contributed by atoms with van der Waals surface area (Å²) in [7, 11) is -3.17. The molecule has 0 spiro atoms. The van der Waals surface area contributed by atoms with Crippen molar-refractivity contribution in [3.05, 3.63) is 20.8 Å². The third-order valence-corrected chi connectivity index (χ3v) is 4.81. The van der Waals surface area contributed by atoms with E-state index in [-0.39, 0.29) is 5.75 Å². The Morgan fingerprint density at radius 1 is 1.53 bits per heavy atom. The van der Waals surface area contributed by atoms with E-state index in [1.807, 2.05) is 11.4 Å². The van der Waals surface area contributed by atoms with Crippen molar-refractivity contribution in [3.63, 3.8) is 0 Å². The van der Waals surface area contributed by atoms with E-state index in [4.69, 9.17) is 5.73 Å². The van der Waals surface area contributed by atoms with Crippen molar-refractivity contribution in [1.29, 1.82) is 0 Å². The van der Waals surface area contributed by atoms with Gasteiger partial charge in [0.2, 0.25) is 10.0 Å². The van der Waals surface area contributed by atoms with E-state index >= 15 is 0 Å². The number of hydrogen-bond acceptors (Lipinski definition) is 4. The van der Waals surface area contributed by atoms with Crippen LogP contribution in [0.1, 0.15) is 11.3 Å². The third kappa shape index (κ3) is 5.07. The number of nitrogens with one attached hydrogen (secondary N) is 1. The van der Waals surface area contributed by atoms with Gasteiger partial charge in [-0.15, -0.1) is 11.3 Å². The first-order chi connectivity index (χ1) is 7.03. The molecule has 86 valence electrons. The van der Waals surface area contributed by atoms with Crippen molar-refractivity contribution < 1.29 is 8.42 Å². The number of rotatable bonds is 6. The summed E-state index contributed by atoms with van der Waals surface area (Å²) in [5.74, 6) is 0.0933. The molecule has 0 bridgehead atoms. The van der Waals surface area contributed by atoms with E-state index in [1.165, 1.54) is 11.3 Å². The van der Waals surface area contributed by atoms with Crippen LogP contribution in [-0.4, -0.2) is 20.7 Å². The molecule has 0 aliphatic heterocycles. The number of sulfonamides is 1. The Morgan fingerprint density at radius 3 is 2.80 bits per heavy atom. The molecule has 0 aliphatic rings. The zero-order valence-corrected chi connectivity index (χ0v) is 11.3. The maximum atomic E-state index is 11.4. The lowest BCUT2D eigenvalue weighted by molar-refractivity contribution is 0.579. The molecule has 1 heterocycles. The summed E-state index contributed by atoms with van der Waals surface area (Å²) in [6.07, 6.45) is 0.490. The quantitative estimate of drug-likeness (QED) is 0.831. The molecule has 15 heavy (non-hydrogen) atoms. The van der Waals surface area contributed by atoms with Crippen LogP contribution in [0.25, 0.3) is 0 Å². The molecular weight excluding hydrogens is 300 g/mol. The van der Waals surface area contributed by atoms with E-state index in [2.05, 4.69) is 20.7 Å². The summed E-state index contributed by atoms with van der Waals surface area (Å²) >= 11 is 4.83. The number of hydrogen-bond donors (Lipinski definition) is 2. The Hall–Kier alpha value is 0.0500. The number of halogens is 1. The van der Waals surface area contributed by atoms with E-state index in [0.29, 0.717) is 19.5 Å². The SMILES string of the molecule is NCCCS(=O)(=O)NCc1cc(Br)cs1. The Labute approximate surface area is 102 Å². The minimum atomic E-state index is -3.17. The van der Waals surface area contributed by atoms with Gasteiger partial charge in [-0.25, -0.2) is 13.1 Å². The highest BCUT2D eigenvalue weighted by molar-refractivity contribution is 9.10. The molecule has 0 radical (unpaired) electrons. The van der Waals surface area contributed by atoms with Crippen LogP contribution in [0, 0.1) is 0 Å². The fourth-order valence-corrected chi connectivity index (χ4v) is 3.52. The van der Waals surface area contributed by atoms with Gasteiger partial charge < -0.3 is 5.73 Å². The van der Waals surface area contributed by atoms with Gasteiger partial charge in [0.1, 0.15) is 0 Å². The summed E-state index contributed by atoms with van der Waals surface area (Å²) < 4.78 is 26.3. The van der Waals surface area contributed by atoms with Gasteiger partial charge in [-0.1, -0.05) is 0 Å². The van der Waals surface area contributed by atoms with Crippen molar-refractivity contribution in [1.82, 2.24) is 4.72 Å². The third-order valence-electron chi connectivity index (χ3n) is 1.71. The molecule has 0 aliphatic carbocycles. The first kappa shape index (κ1) is 13.1. The molecule has 1 aromatic rings. The average Bonchev–Trinajstić information content (AvgIpc) is 2.59. The smallest absolute Gasteiger partial charge is 0.211 e. The van der Waals surface area contributed by atoms with Crippen molar-refractivity contribution >= 4 is 37.3 Å². The van der Waals surface area contributed by atoms with Crippen LogP contribution in [0.2, 0.25) is 0 Å². The molecule has 3 N–H and O–H groups in total. The van der Waals surface area contributed by atoms with E-state index in [1.54, 1.807) is 0 Å². The topological polar surface area (TPSA) is 72.2 Å². The minimum absolute atomic E-state index is 0.0933. The lowest BCUT2D eigenvalue weighted by Gasteiger charge is -2.03. The van der Waals surface area contributed by atoms with Gasteiger partial charge in [-0.05, 0) is 35.0 Å². The van der Waals surface area contributed by atoms with Crippen LogP contribution in [0.3, 0.4) is 0 Å². The Kier molecular flexibility index (Phi) is 5.20. The van der Waals surface area contributed by atoms with Gasteiger partial charge in [0.25, 0.3) is 0 Å². The second-order valence-electron chi connectivity index (χ2n) is 3.01. The molecule has 1 rings (SSSR count). The molecule has 4 nitrogen and oxygen atoms in total. The molecule has 0 aromatic carbocycles. The van der Waals surface area contributed by atoms with E-state index in [9.17, 15) is 8.42 Å². The fourth-order valence-electron chi connectivity index (χ4n) is 0.973. The first-order valence-corrected chi connectivity index (χ1v) is 7.76. The molecule has 0 amide bonds. The minimum Gasteiger partial charge on any atom is -0.330 e. The zero-order chi connectivity index (χ0) is 11.3. The van der Waals surface area contributed by atoms with Gasteiger partial charge in [-0.3, -0.25) is 0 Å². The van der Waals surface area contributed by atoms with Gasteiger partial charge in [0.05, 0.1) is 5.75 Å². The summed E-state index contributed by atoms with van der Waals surface area (Å²) in [6.45, 7) is 0.745. The standard InChI is InChI=1S/C8H13BrN2O2S2/c9-7-4-8(14-6-7)5-11-15(12,13)3-1-2-10/h4,6,11H,1-3,5,10H2. The highest BCUT2D eigenvalue weighted by atomic mass is 79.9. The molecule has 0 saturated heterocycles. The molecule has 1 aromatic heterocycles. The Bertz CT molecular complexity index is 403. The van der Waals surface area contributed by atoms with Crippen LogP contribution in [0.4, 0.5) is 0 Å². The van der Waals surface area contributed by atoms with Gasteiger partial charge in [0.15, 0.2) is 0 Å². The fraction of sp³-hybridized carbons (Fsp3) is 0.500. The average molecular weight is 313 g/mol.